The number of hydrogen-bond donors (Lipinski definition) is 3. The summed E-state index contributed by atoms with van der Waals surface area (Å²) in [6.45, 7) is 2.08. The largest absolute Gasteiger partial charge is 0.508 e. The topological polar surface area (TPSA) is 129 Å². The molecule has 1 aromatic carbocycles. The van der Waals surface area contributed by atoms with E-state index in [1.54, 1.807) is 19.1 Å². The number of nitrogens with one attached hydrogen (secondary N) is 1. The minimum atomic E-state index is -3.83. The number of aromatic nitrogens is 1. The van der Waals surface area contributed by atoms with Gasteiger partial charge in [-0.1, -0.05) is 6.07 Å². The molecule has 1 aliphatic rings. The van der Waals surface area contributed by atoms with Crippen molar-refractivity contribution in [2.24, 2.45) is 13.0 Å². The summed E-state index contributed by atoms with van der Waals surface area (Å²) in [5.41, 5.74) is 1.08. The minimum Gasteiger partial charge on any atom is -0.508 e. The molecule has 2 aromatic rings. The quantitative estimate of drug-likeness (QED) is 0.675. The Balaban J connectivity index is 1.64. The number of benzene rings is 1. The van der Waals surface area contributed by atoms with Gasteiger partial charge in [0.2, 0.25) is 15.9 Å². The molecule has 0 saturated carbocycles. The number of aromatic hydroxyl groups is 1. The Bertz CT molecular complexity index is 1050. The van der Waals surface area contributed by atoms with Crippen LogP contribution in [0, 0.1) is 12.8 Å². The molecule has 3 N–H and O–H groups in total. The summed E-state index contributed by atoms with van der Waals surface area (Å²) in [7, 11) is -2.36. The van der Waals surface area contributed by atoms with E-state index in [1.165, 1.54) is 28.2 Å². The third kappa shape index (κ3) is 4.28. The van der Waals surface area contributed by atoms with E-state index in [0.717, 1.165) is 6.07 Å². The summed E-state index contributed by atoms with van der Waals surface area (Å²) in [5.74, 6) is -1.69. The van der Waals surface area contributed by atoms with Gasteiger partial charge in [-0.3, -0.25) is 4.79 Å². The van der Waals surface area contributed by atoms with Crippen LogP contribution in [0.2, 0.25) is 0 Å². The molecule has 10 heteroatoms. The van der Waals surface area contributed by atoms with Crippen LogP contribution in [0.5, 0.6) is 5.75 Å². The van der Waals surface area contributed by atoms with Gasteiger partial charge < -0.3 is 20.1 Å². The van der Waals surface area contributed by atoms with Gasteiger partial charge >= 0.3 is 5.97 Å². The zero-order valence-corrected chi connectivity index (χ0v) is 16.9. The average molecular weight is 421 g/mol. The van der Waals surface area contributed by atoms with E-state index in [9.17, 15) is 23.1 Å². The first-order chi connectivity index (χ1) is 13.6. The number of aromatic carboxylic acids is 1. The molecule has 0 bridgehead atoms. The van der Waals surface area contributed by atoms with E-state index < -0.39 is 16.0 Å². The fraction of sp³-hybridized carbons (Fsp3) is 0.368. The van der Waals surface area contributed by atoms with Crippen molar-refractivity contribution in [2.45, 2.75) is 24.7 Å². The number of hydrogen-bond acceptors (Lipinski definition) is 5. The van der Waals surface area contributed by atoms with E-state index in [2.05, 4.69) is 5.32 Å². The second kappa shape index (κ2) is 7.88. The monoisotopic (exact) mass is 421 g/mol. The van der Waals surface area contributed by atoms with E-state index in [0.29, 0.717) is 24.1 Å². The lowest BCUT2D eigenvalue weighted by atomic mass is 9.97. The Morgan fingerprint density at radius 1 is 1.17 bits per heavy atom. The van der Waals surface area contributed by atoms with Gasteiger partial charge in [-0.25, -0.2) is 13.2 Å². The molecular formula is C19H23N3O6S. The maximum atomic E-state index is 12.8. The minimum absolute atomic E-state index is 0.0737. The zero-order chi connectivity index (χ0) is 21.3. The number of phenols is 1. The second-order valence-corrected chi connectivity index (χ2v) is 9.08. The summed E-state index contributed by atoms with van der Waals surface area (Å²) in [5, 5.41) is 21.6. The Morgan fingerprint density at radius 2 is 1.83 bits per heavy atom. The lowest BCUT2D eigenvalue weighted by Crippen LogP contribution is -2.41. The first kappa shape index (κ1) is 20.9. The number of rotatable bonds is 5. The van der Waals surface area contributed by atoms with E-state index in [-0.39, 0.29) is 41.3 Å². The SMILES string of the molecule is Cc1ccc(NC(=O)C2CCN(S(=O)(=O)c3cc(C(=O)O)n(C)c3)CC2)cc1O. The van der Waals surface area contributed by atoms with Gasteiger partial charge in [0.05, 0.1) is 0 Å². The van der Waals surface area contributed by atoms with Crippen LogP contribution >= 0.6 is 0 Å². The number of anilines is 1. The van der Waals surface area contributed by atoms with Crippen LogP contribution in [-0.2, 0) is 21.9 Å². The molecule has 0 aliphatic carbocycles. The van der Waals surface area contributed by atoms with Crippen LogP contribution in [0.4, 0.5) is 5.69 Å². The van der Waals surface area contributed by atoms with Crippen molar-refractivity contribution in [3.63, 3.8) is 0 Å². The molecule has 29 heavy (non-hydrogen) atoms. The summed E-state index contributed by atoms with van der Waals surface area (Å²) >= 11 is 0. The fourth-order valence-corrected chi connectivity index (χ4v) is 4.87. The maximum absolute atomic E-state index is 12.8. The van der Waals surface area contributed by atoms with Crippen molar-refractivity contribution < 1.29 is 28.2 Å². The van der Waals surface area contributed by atoms with Crippen molar-refractivity contribution >= 4 is 27.6 Å². The van der Waals surface area contributed by atoms with Gasteiger partial charge in [0.25, 0.3) is 0 Å². The molecular weight excluding hydrogens is 398 g/mol. The Labute approximate surface area is 168 Å². The number of piperidine rings is 1. The smallest absolute Gasteiger partial charge is 0.352 e. The van der Waals surface area contributed by atoms with Crippen LogP contribution in [0.15, 0.2) is 35.4 Å². The molecule has 2 heterocycles. The molecule has 1 amide bonds. The van der Waals surface area contributed by atoms with Crippen molar-refractivity contribution in [3.05, 3.63) is 41.7 Å². The normalized spacial score (nSPS) is 15.9. The maximum Gasteiger partial charge on any atom is 0.352 e. The predicted octanol–water partition coefficient (Wildman–Crippen LogP) is 1.78. The molecule has 0 unspecified atom stereocenters. The third-order valence-electron chi connectivity index (χ3n) is 5.14. The number of carboxylic acids is 1. The number of phenolic OH excluding ortho intramolecular Hbond substituents is 1. The van der Waals surface area contributed by atoms with Gasteiger partial charge in [0, 0.05) is 44.0 Å². The standard InChI is InChI=1S/C19H23N3O6S/c1-12-3-4-14(9-17(12)23)20-18(24)13-5-7-22(8-6-13)29(27,28)15-10-16(19(25)26)21(2)11-15/h3-4,9-11,13,23H,5-8H2,1-2H3,(H,20,24)(H,25,26). The van der Waals surface area contributed by atoms with Gasteiger partial charge in [0.1, 0.15) is 16.3 Å². The van der Waals surface area contributed by atoms with E-state index in [4.69, 9.17) is 5.11 Å². The molecule has 0 spiro atoms. The van der Waals surface area contributed by atoms with E-state index >= 15 is 0 Å². The zero-order valence-electron chi connectivity index (χ0n) is 16.1. The molecule has 9 nitrogen and oxygen atoms in total. The summed E-state index contributed by atoms with van der Waals surface area (Å²) < 4.78 is 28.1. The molecule has 1 aromatic heterocycles. The molecule has 0 radical (unpaired) electrons. The highest BCUT2D eigenvalue weighted by Crippen LogP contribution is 2.27. The average Bonchev–Trinajstić information content (AvgIpc) is 3.07. The molecule has 0 atom stereocenters. The Morgan fingerprint density at radius 3 is 2.38 bits per heavy atom. The molecule has 1 aliphatic heterocycles. The number of carbonyl (C=O) groups is 2. The van der Waals surface area contributed by atoms with Crippen molar-refractivity contribution in [3.8, 4) is 5.75 Å². The van der Waals surface area contributed by atoms with Crippen molar-refractivity contribution in [1.29, 1.82) is 0 Å². The highest BCUT2D eigenvalue weighted by Gasteiger charge is 2.33. The highest BCUT2D eigenvalue weighted by atomic mass is 32.2. The third-order valence-corrected chi connectivity index (χ3v) is 7.00. The highest BCUT2D eigenvalue weighted by molar-refractivity contribution is 7.89. The fourth-order valence-electron chi connectivity index (χ4n) is 3.33. The predicted molar refractivity (Wildman–Crippen MR) is 105 cm³/mol. The summed E-state index contributed by atoms with van der Waals surface area (Å²) in [6, 6.07) is 6.01. The molecule has 1 fully saturated rings. The number of amides is 1. The summed E-state index contributed by atoms with van der Waals surface area (Å²) in [4.78, 5) is 23.6. The van der Waals surface area contributed by atoms with Crippen molar-refractivity contribution in [1.82, 2.24) is 8.87 Å². The Hall–Kier alpha value is -2.85. The van der Waals surface area contributed by atoms with Crippen molar-refractivity contribution in [2.75, 3.05) is 18.4 Å². The molecule has 3 rings (SSSR count). The Kier molecular flexibility index (Phi) is 5.67. The lowest BCUT2D eigenvalue weighted by Gasteiger charge is -2.30. The molecule has 156 valence electrons. The van der Waals surface area contributed by atoms with Crippen LogP contribution in [0.25, 0.3) is 0 Å². The van der Waals surface area contributed by atoms with Gasteiger partial charge in [-0.15, -0.1) is 0 Å². The number of aryl methyl sites for hydroxylation is 2. The second-order valence-electron chi connectivity index (χ2n) is 7.15. The van der Waals surface area contributed by atoms with Gasteiger partial charge in [-0.2, -0.15) is 4.31 Å². The van der Waals surface area contributed by atoms with Crippen LogP contribution in [0.3, 0.4) is 0 Å². The van der Waals surface area contributed by atoms with Gasteiger partial charge in [0.15, 0.2) is 0 Å². The van der Waals surface area contributed by atoms with E-state index in [1.807, 2.05) is 0 Å². The molecule has 1 saturated heterocycles. The summed E-state index contributed by atoms with van der Waals surface area (Å²) in [6.07, 6.45) is 1.98. The number of sulfonamides is 1. The number of carbonyl (C=O) groups excluding carboxylic acids is 1. The van der Waals surface area contributed by atoms with Crippen LogP contribution in [-0.4, -0.2) is 52.5 Å². The first-order valence-corrected chi connectivity index (χ1v) is 10.5. The lowest BCUT2D eigenvalue weighted by molar-refractivity contribution is -0.120. The van der Waals surface area contributed by atoms with Gasteiger partial charge in [-0.05, 0) is 37.5 Å². The van der Waals surface area contributed by atoms with Crippen LogP contribution < -0.4 is 5.32 Å². The first-order valence-electron chi connectivity index (χ1n) is 9.10. The number of carboxylic acid groups (broad SMARTS) is 1. The number of nitrogens with zero attached hydrogens (tertiary/aromatic N) is 2. The van der Waals surface area contributed by atoms with Crippen LogP contribution in [0.1, 0.15) is 28.9 Å².